The fraction of sp³-hybridized carbons (Fsp3) is 0.125. The molecule has 0 bridgehead atoms. The molecule has 0 aliphatic rings. The van der Waals surface area contributed by atoms with E-state index < -0.39 is 20.9 Å². The van der Waals surface area contributed by atoms with Crippen molar-refractivity contribution < 1.29 is 37.1 Å². The SMILES string of the molecule is Cc1cc(-c2nnc(-c3ccc(Br)cc3C)o2)ccc1Br.Cc1cc(Br)ccc1C(=O)Cl.Cc1cc(Br)ccc1C(=O)Cl.Cc1cc(C(=O)NN)ccc1Br.Cc1ccc(-c2nnc(-c3ccc(Br)cc3C)o2)cc1Br.Cc1ccc(C(=O)NN)cc1Br.O=P(Cl)(Cl)Cl.O=P(Cl)(Cl)Cl. The van der Waals surface area contributed by atoms with Crippen molar-refractivity contribution in [1.29, 1.82) is 0 Å². The van der Waals surface area contributed by atoms with E-state index in [2.05, 4.69) is 226 Å². The molecule has 8 aromatic carbocycles. The topological polar surface area (TPSA) is 256 Å². The maximum atomic E-state index is 11.0. The fourth-order valence-corrected chi connectivity index (χ4v) is 11.1. The van der Waals surface area contributed by atoms with Crippen LogP contribution in [0.1, 0.15) is 85.9 Å². The van der Waals surface area contributed by atoms with Crippen LogP contribution in [0.15, 0.2) is 190 Å². The normalized spacial score (nSPS) is 10.4. The zero-order chi connectivity index (χ0) is 74.1. The number of aromatic nitrogens is 4. The molecule has 2 amide bonds. The molecule has 0 saturated heterocycles. The van der Waals surface area contributed by atoms with Crippen molar-refractivity contribution in [1.82, 2.24) is 31.2 Å². The Kier molecular flexibility index (Phi) is 39.3. The number of benzene rings is 8. The van der Waals surface area contributed by atoms with Crippen LogP contribution >= 0.6 is 228 Å². The molecule has 98 heavy (non-hydrogen) atoms. The molecule has 0 aliphatic carbocycles. The Morgan fingerprint density at radius 1 is 0.357 bits per heavy atom. The number of rotatable bonds is 8. The highest BCUT2D eigenvalue weighted by molar-refractivity contribution is 9.11. The monoisotopic (exact) mass is 2040 g/mol. The van der Waals surface area contributed by atoms with E-state index in [0.717, 1.165) is 97.0 Å². The summed E-state index contributed by atoms with van der Waals surface area (Å²) in [7, 11) is 0. The number of halogens is 16. The highest BCUT2D eigenvalue weighted by atomic mass is 79.9. The summed E-state index contributed by atoms with van der Waals surface area (Å²) >= 11 is 65.5. The molecule has 0 saturated carbocycles. The van der Waals surface area contributed by atoms with Crippen molar-refractivity contribution >= 4 is 251 Å². The molecule has 0 unspecified atom stereocenters. The zero-order valence-corrected chi connectivity index (χ0v) is 72.5. The maximum Gasteiger partial charge on any atom is 0.339 e. The van der Waals surface area contributed by atoms with Crippen molar-refractivity contribution in [3.8, 4) is 45.8 Å². The number of nitrogens with two attached hydrogens (primary N) is 2. The first-order chi connectivity index (χ1) is 45.6. The minimum Gasteiger partial charge on any atom is -0.416 e. The number of nitrogens with zero attached hydrogens (tertiary/aromatic N) is 4. The molecule has 34 heteroatoms. The van der Waals surface area contributed by atoms with Crippen molar-refractivity contribution in [2.24, 2.45) is 11.7 Å². The van der Waals surface area contributed by atoms with Gasteiger partial charge in [-0.05, 0) is 324 Å². The summed E-state index contributed by atoms with van der Waals surface area (Å²) in [6.07, 6.45) is 0. The van der Waals surface area contributed by atoms with Gasteiger partial charge in [-0.1, -0.05) is 140 Å². The van der Waals surface area contributed by atoms with Gasteiger partial charge in [0, 0.05) is 80.3 Å². The summed E-state index contributed by atoms with van der Waals surface area (Å²) in [6, 6.07) is 45.2. The van der Waals surface area contributed by atoms with Gasteiger partial charge in [-0.3, -0.25) is 39.2 Å². The number of carbonyl (C=O) groups is 4. The van der Waals surface area contributed by atoms with Gasteiger partial charge in [0.25, 0.3) is 22.3 Å². The Balaban J connectivity index is 0.000000304. The van der Waals surface area contributed by atoms with Crippen LogP contribution in [0, 0.1) is 55.4 Å². The Bertz CT molecular complexity index is 4250. The second-order valence-corrected chi connectivity index (χ2v) is 40.9. The molecule has 0 aliphatic heterocycles. The van der Waals surface area contributed by atoms with Crippen LogP contribution in [0.5, 0.6) is 0 Å². The van der Waals surface area contributed by atoms with Crippen molar-refractivity contribution in [3.63, 3.8) is 0 Å². The Hall–Kier alpha value is -3.14. The summed E-state index contributed by atoms with van der Waals surface area (Å²) in [5.41, 5.74) is 18.5. The van der Waals surface area contributed by atoms with Crippen LogP contribution in [0.2, 0.25) is 0 Å². The van der Waals surface area contributed by atoms with E-state index in [0.29, 0.717) is 45.8 Å². The van der Waals surface area contributed by atoms with Crippen molar-refractivity contribution in [2.45, 2.75) is 55.4 Å². The number of hydrazine groups is 2. The van der Waals surface area contributed by atoms with Gasteiger partial charge in [-0.15, -0.1) is 20.4 Å². The van der Waals surface area contributed by atoms with E-state index >= 15 is 0 Å². The van der Waals surface area contributed by atoms with E-state index in [1.54, 1.807) is 48.5 Å². The third-order valence-corrected chi connectivity index (χ3v) is 18.3. The minimum absolute atomic E-state index is 0.273. The molecule has 0 fully saturated rings. The predicted octanol–water partition coefficient (Wildman–Crippen LogP) is 25.7. The van der Waals surface area contributed by atoms with Crippen LogP contribution in [-0.2, 0) is 9.13 Å². The van der Waals surface area contributed by atoms with E-state index in [9.17, 15) is 28.3 Å². The summed E-state index contributed by atoms with van der Waals surface area (Å²) < 4.78 is 38.6. The lowest BCUT2D eigenvalue weighted by atomic mass is 10.1. The van der Waals surface area contributed by atoms with Crippen LogP contribution in [0.3, 0.4) is 0 Å². The minimum atomic E-state index is -3.22. The first-order valence-electron chi connectivity index (χ1n) is 27.2. The lowest BCUT2D eigenvalue weighted by Crippen LogP contribution is -2.29. The smallest absolute Gasteiger partial charge is 0.339 e. The molecular weight excluding hydrogens is 1990 g/mol. The van der Waals surface area contributed by atoms with Gasteiger partial charge in [-0.25, -0.2) is 11.7 Å². The third kappa shape index (κ3) is 32.7. The number of nitrogen functional groups attached to an aromatic ring is 2. The third-order valence-electron chi connectivity index (χ3n) is 12.4. The predicted molar refractivity (Wildman–Crippen MR) is 430 cm³/mol. The molecule has 2 heterocycles. The van der Waals surface area contributed by atoms with Crippen LogP contribution in [0.4, 0.5) is 0 Å². The number of aryl methyl sites for hydroxylation is 8. The van der Waals surface area contributed by atoms with Crippen molar-refractivity contribution in [3.05, 3.63) is 248 Å². The molecule has 0 radical (unpaired) electrons. The molecule has 0 spiro atoms. The summed E-state index contributed by atoms with van der Waals surface area (Å²) in [4.78, 5) is 43.5. The average Bonchev–Trinajstić information content (AvgIpc) is 1.69. The molecule has 6 N–H and O–H groups in total. The second kappa shape index (κ2) is 43.2. The van der Waals surface area contributed by atoms with Gasteiger partial charge in [0.05, 0.1) is 0 Å². The van der Waals surface area contributed by atoms with Crippen LogP contribution < -0.4 is 22.5 Å². The fourth-order valence-electron chi connectivity index (χ4n) is 7.52. The molecule has 10 rings (SSSR count). The largest absolute Gasteiger partial charge is 0.416 e. The Morgan fingerprint density at radius 2 is 0.663 bits per heavy atom. The zero-order valence-electron chi connectivity index (χ0n) is 52.0. The molecule has 0 atom stereocenters. The molecule has 2 aromatic heterocycles. The first-order valence-corrected chi connectivity index (χ1v) is 43.1. The number of carbonyl (C=O) groups excluding carboxylic acids is 4. The lowest BCUT2D eigenvalue weighted by Gasteiger charge is -2.01. The number of amides is 2. The van der Waals surface area contributed by atoms with E-state index in [1.165, 1.54) is 5.56 Å². The molecule has 16 nitrogen and oxygen atoms in total. The van der Waals surface area contributed by atoms with Crippen LogP contribution in [-0.4, -0.2) is 42.7 Å². The number of nitrogens with one attached hydrogen (secondary N) is 2. The van der Waals surface area contributed by atoms with Gasteiger partial charge >= 0.3 is 10.4 Å². The lowest BCUT2D eigenvalue weighted by molar-refractivity contribution is 0.0945. The summed E-state index contributed by atoms with van der Waals surface area (Å²) in [6.45, 7) is 15.7. The molecule has 10 aromatic rings. The van der Waals surface area contributed by atoms with Crippen molar-refractivity contribution in [2.75, 3.05) is 0 Å². The van der Waals surface area contributed by atoms with E-state index in [1.807, 2.05) is 152 Å². The van der Waals surface area contributed by atoms with Gasteiger partial charge in [-0.2, -0.15) is 0 Å². The first kappa shape index (κ1) is 89.1. The van der Waals surface area contributed by atoms with Crippen LogP contribution in [0.25, 0.3) is 45.8 Å². The van der Waals surface area contributed by atoms with Gasteiger partial charge < -0.3 is 8.83 Å². The number of hydrogen-bond donors (Lipinski definition) is 4. The Morgan fingerprint density at radius 3 is 1.00 bits per heavy atom. The Labute approximate surface area is 672 Å². The number of hydrogen-bond acceptors (Lipinski definition) is 14. The average molecular weight is 2050 g/mol. The van der Waals surface area contributed by atoms with E-state index in [4.69, 9.17) is 43.7 Å². The summed E-state index contributed by atoms with van der Waals surface area (Å²) in [5, 5.41) is 9.36. The van der Waals surface area contributed by atoms with Gasteiger partial charge in [0.2, 0.25) is 23.6 Å². The highest BCUT2D eigenvalue weighted by Crippen LogP contribution is 2.62. The second-order valence-electron chi connectivity index (χ2n) is 19.8. The molecule has 520 valence electrons. The quantitative estimate of drug-likeness (QED) is 0.0363. The summed E-state index contributed by atoms with van der Waals surface area (Å²) in [5.74, 6) is 11.5. The van der Waals surface area contributed by atoms with E-state index in [-0.39, 0.29) is 11.8 Å². The van der Waals surface area contributed by atoms with Gasteiger partial charge in [0.1, 0.15) is 0 Å². The maximum absolute atomic E-state index is 11.0. The highest BCUT2D eigenvalue weighted by Gasteiger charge is 2.16. The standard InChI is InChI=1S/2C16H12Br2N2O.2C8H6BrClO.2C8H9BrN2O.2Cl3OP/c1-9-8-12(17)4-5-13(9)16-20-19-15(21-16)11-3-6-14(18)10(2)7-11;1-9-3-4-11(8-14(9)18)15-19-20-16(21-15)13-6-5-12(17)7-10(13)2;2*1-5-4-6(9)2-3-7(5)8(10)11;1-5-4-6(8(12)11-10)2-3-7(5)9;1-5-2-3-6(4-7(5)9)8(12)11-10;2*1-5(2,3)4/h2*3-8H,1-2H3;2*2-4H,1H3;2*2-4H,10H2,1H3,(H,11,12);;. The van der Waals surface area contributed by atoms with Gasteiger partial charge in [0.15, 0.2) is 0 Å². The molecular formula is C64H54Br8Cl8N8O8P2.